The van der Waals surface area contributed by atoms with Gasteiger partial charge >= 0.3 is 53.6 Å². The highest BCUT2D eigenvalue weighted by atomic mass is 19.4. The quantitative estimate of drug-likeness (QED) is 0.178. The van der Waals surface area contributed by atoms with E-state index in [1.54, 1.807) is 0 Å². The van der Waals surface area contributed by atoms with Crippen molar-refractivity contribution < 1.29 is 88.6 Å². The molecular weight excluding hydrogens is 542 g/mol. The molecule has 0 saturated carbocycles. The molecule has 0 N–H and O–H groups in total. The SMILES string of the molecule is C=C(C)C(=O)OC[C@@H](F)C(F)(F)C(F)(F)C(F)(F)C(F)(F)C(F)(F)C(F)(F)C(F)(F)C(F)(F)F. The molecule has 0 aromatic rings. The number of hydrogen-bond acceptors (Lipinski definition) is 2. The summed E-state index contributed by atoms with van der Waals surface area (Å²) in [5.41, 5.74) is -0.758. The van der Waals surface area contributed by atoms with E-state index in [-0.39, 0.29) is 0 Å². The summed E-state index contributed by atoms with van der Waals surface area (Å²) in [7, 11) is 0. The number of hydrogen-bond donors (Lipinski definition) is 0. The van der Waals surface area contributed by atoms with Crippen molar-refractivity contribution in [3.63, 3.8) is 0 Å². The lowest BCUT2D eigenvalue weighted by molar-refractivity contribution is -0.463. The number of esters is 1. The third-order valence-corrected chi connectivity index (χ3v) is 3.85. The van der Waals surface area contributed by atoms with Gasteiger partial charge in [-0.05, 0) is 6.92 Å². The lowest BCUT2D eigenvalue weighted by Gasteiger charge is -2.43. The highest BCUT2D eigenvalue weighted by Gasteiger charge is 2.95. The minimum Gasteiger partial charge on any atom is -0.459 e. The zero-order valence-electron chi connectivity index (χ0n) is 15.6. The summed E-state index contributed by atoms with van der Waals surface area (Å²) in [6.45, 7) is 0.815. The monoisotopic (exact) mass is 550 g/mol. The molecule has 202 valence electrons. The molecule has 0 heterocycles. The first-order valence-corrected chi connectivity index (χ1v) is 7.68. The molecule has 0 bridgehead atoms. The zero-order valence-corrected chi connectivity index (χ0v) is 15.6. The maximum absolute atomic E-state index is 13.5. The van der Waals surface area contributed by atoms with Gasteiger partial charge in [0.2, 0.25) is 6.17 Å². The minimum atomic E-state index is -8.81. The Labute approximate surface area is 175 Å². The maximum atomic E-state index is 13.5. The lowest BCUT2D eigenvalue weighted by Crippen LogP contribution is -2.75. The van der Waals surface area contributed by atoms with Crippen molar-refractivity contribution in [2.24, 2.45) is 0 Å². The Kier molecular flexibility index (Phi) is 8.04. The van der Waals surface area contributed by atoms with Crippen molar-refractivity contribution in [1.29, 1.82) is 0 Å². The van der Waals surface area contributed by atoms with E-state index >= 15 is 0 Å². The van der Waals surface area contributed by atoms with Crippen molar-refractivity contribution in [2.75, 3.05) is 6.61 Å². The van der Waals surface area contributed by atoms with Crippen molar-refractivity contribution in [3.05, 3.63) is 12.2 Å². The summed E-state index contributed by atoms with van der Waals surface area (Å²) in [5, 5.41) is 0. The molecular formula is C14H8F18O2. The topological polar surface area (TPSA) is 26.3 Å². The van der Waals surface area contributed by atoms with E-state index in [9.17, 15) is 83.8 Å². The fraction of sp³-hybridized carbons (Fsp3) is 0.786. The van der Waals surface area contributed by atoms with Crippen LogP contribution in [0.25, 0.3) is 0 Å². The van der Waals surface area contributed by atoms with Gasteiger partial charge in [0.25, 0.3) is 0 Å². The van der Waals surface area contributed by atoms with E-state index in [1.165, 1.54) is 0 Å². The average Bonchev–Trinajstić information content (AvgIpc) is 2.63. The van der Waals surface area contributed by atoms with Gasteiger partial charge in [-0.3, -0.25) is 0 Å². The summed E-state index contributed by atoms with van der Waals surface area (Å²) in [4.78, 5) is 10.9. The Bertz CT molecular complexity index is 780. The smallest absolute Gasteiger partial charge is 0.459 e. The van der Waals surface area contributed by atoms with Crippen LogP contribution in [-0.4, -0.2) is 66.4 Å². The van der Waals surface area contributed by atoms with Gasteiger partial charge in [-0.15, -0.1) is 0 Å². The molecule has 20 heteroatoms. The predicted molar refractivity (Wildman–Crippen MR) is 71.4 cm³/mol. The van der Waals surface area contributed by atoms with Gasteiger partial charge in [-0.2, -0.15) is 74.6 Å². The molecule has 0 aliphatic rings. The summed E-state index contributed by atoms with van der Waals surface area (Å²) < 4.78 is 238. The molecule has 34 heavy (non-hydrogen) atoms. The van der Waals surface area contributed by atoms with E-state index in [1.807, 2.05) is 0 Å². The molecule has 0 spiro atoms. The standard InChI is InChI=1S/C14H8F18O2/c1-4(2)6(33)34-3-5(15)7(16,17)8(18,19)9(20,21)10(22,23)11(24,25)12(26,27)13(28,29)14(30,31)32/h5H,1,3H2,2H3/t5-/m1/s1. The van der Waals surface area contributed by atoms with Crippen LogP contribution in [0.4, 0.5) is 79.0 Å². The molecule has 0 aliphatic heterocycles. The van der Waals surface area contributed by atoms with Crippen molar-refractivity contribution in [2.45, 2.75) is 60.7 Å². The summed E-state index contributed by atoms with van der Waals surface area (Å²) >= 11 is 0. The largest absolute Gasteiger partial charge is 0.460 e. The fourth-order valence-corrected chi connectivity index (χ4v) is 1.75. The van der Waals surface area contributed by atoms with Crippen LogP contribution in [0, 0.1) is 0 Å². The first-order valence-electron chi connectivity index (χ1n) is 7.68. The molecule has 0 radical (unpaired) electrons. The first kappa shape index (κ1) is 31.9. The third-order valence-electron chi connectivity index (χ3n) is 3.85. The Morgan fingerprint density at radius 3 is 1.24 bits per heavy atom. The minimum absolute atomic E-state index is 0.732. The fourth-order valence-electron chi connectivity index (χ4n) is 1.75. The number of alkyl halides is 18. The highest BCUT2D eigenvalue weighted by Crippen LogP contribution is 2.64. The van der Waals surface area contributed by atoms with Crippen LogP contribution in [0.2, 0.25) is 0 Å². The van der Waals surface area contributed by atoms with Gasteiger partial charge in [0.15, 0.2) is 0 Å². The van der Waals surface area contributed by atoms with Crippen molar-refractivity contribution in [3.8, 4) is 0 Å². The number of rotatable bonds is 10. The number of carbonyl (C=O) groups is 1. The molecule has 0 aromatic heterocycles. The predicted octanol–water partition coefficient (Wildman–Crippen LogP) is 6.45. The molecule has 0 rings (SSSR count). The van der Waals surface area contributed by atoms with Gasteiger partial charge in [0, 0.05) is 5.57 Å². The molecule has 0 saturated heterocycles. The first-order chi connectivity index (χ1) is 14.5. The van der Waals surface area contributed by atoms with Gasteiger partial charge in [0.05, 0.1) is 0 Å². The Morgan fingerprint density at radius 1 is 0.647 bits per heavy atom. The van der Waals surface area contributed by atoms with E-state index < -0.39 is 72.0 Å². The maximum Gasteiger partial charge on any atom is 0.460 e. The molecule has 0 aromatic carbocycles. The van der Waals surface area contributed by atoms with Gasteiger partial charge in [-0.25, -0.2) is 9.18 Å². The number of ether oxygens (including phenoxy) is 1. The van der Waals surface area contributed by atoms with Crippen LogP contribution in [0.3, 0.4) is 0 Å². The second kappa shape index (κ2) is 8.56. The Balaban J connectivity index is 6.54. The van der Waals surface area contributed by atoms with Crippen LogP contribution >= 0.6 is 0 Å². The number of halogens is 18. The van der Waals surface area contributed by atoms with Crippen LogP contribution in [0.15, 0.2) is 12.2 Å². The van der Waals surface area contributed by atoms with Crippen molar-refractivity contribution in [1.82, 2.24) is 0 Å². The summed E-state index contributed by atoms with van der Waals surface area (Å²) in [6.07, 6.45) is -12.8. The van der Waals surface area contributed by atoms with Crippen LogP contribution in [0.5, 0.6) is 0 Å². The van der Waals surface area contributed by atoms with Crippen LogP contribution < -0.4 is 0 Å². The van der Waals surface area contributed by atoms with Gasteiger partial charge in [-0.1, -0.05) is 6.58 Å². The van der Waals surface area contributed by atoms with E-state index in [4.69, 9.17) is 0 Å². The molecule has 0 unspecified atom stereocenters. The average molecular weight is 550 g/mol. The van der Waals surface area contributed by atoms with Gasteiger partial charge in [0.1, 0.15) is 6.61 Å². The van der Waals surface area contributed by atoms with E-state index in [2.05, 4.69) is 11.3 Å². The van der Waals surface area contributed by atoms with E-state index in [0.29, 0.717) is 0 Å². The second-order valence-corrected chi connectivity index (χ2v) is 6.41. The molecule has 0 fully saturated rings. The summed E-state index contributed by atoms with van der Waals surface area (Å²) in [5.74, 6) is -60.5. The Hall–Kier alpha value is -2.05. The van der Waals surface area contributed by atoms with E-state index in [0.717, 1.165) is 6.92 Å². The lowest BCUT2D eigenvalue weighted by atomic mass is 9.88. The Morgan fingerprint density at radius 2 is 0.941 bits per heavy atom. The second-order valence-electron chi connectivity index (χ2n) is 6.41. The molecule has 0 aliphatic carbocycles. The molecule has 1 atom stereocenters. The van der Waals surface area contributed by atoms with Crippen LogP contribution in [0.1, 0.15) is 6.92 Å². The highest BCUT2D eigenvalue weighted by molar-refractivity contribution is 5.86. The van der Waals surface area contributed by atoms with Crippen LogP contribution in [-0.2, 0) is 9.53 Å². The summed E-state index contributed by atoms with van der Waals surface area (Å²) in [6, 6.07) is 0. The van der Waals surface area contributed by atoms with Crippen molar-refractivity contribution >= 4 is 5.97 Å². The van der Waals surface area contributed by atoms with Gasteiger partial charge < -0.3 is 4.74 Å². The molecule has 2 nitrogen and oxygen atoms in total. The number of carbonyl (C=O) groups excluding carboxylic acids is 1. The normalized spacial score (nSPS) is 16.3. The third kappa shape index (κ3) is 4.35. The molecule has 0 amide bonds. The zero-order chi connectivity index (χ0) is 28.1.